The quantitative estimate of drug-likeness (QED) is 0.532. The molecular formula is C18H16N2O6S4. The van der Waals surface area contributed by atoms with E-state index in [1.54, 1.807) is 18.2 Å². The van der Waals surface area contributed by atoms with Gasteiger partial charge in [-0.1, -0.05) is 72.2 Å². The van der Waals surface area contributed by atoms with Gasteiger partial charge in [-0.3, -0.25) is 29.0 Å². The van der Waals surface area contributed by atoms with E-state index in [1.165, 1.54) is 9.80 Å². The molecule has 2 heterocycles. The van der Waals surface area contributed by atoms with E-state index in [0.29, 0.717) is 8.64 Å². The first-order chi connectivity index (χ1) is 14.2. The van der Waals surface area contributed by atoms with Crippen LogP contribution in [0.4, 0.5) is 0 Å². The molecule has 2 fully saturated rings. The molecule has 2 aliphatic rings. The highest BCUT2D eigenvalue weighted by atomic mass is 32.2. The highest BCUT2D eigenvalue weighted by Gasteiger charge is 2.39. The summed E-state index contributed by atoms with van der Waals surface area (Å²) in [5.41, 5.74) is 1.54. The maximum Gasteiger partial charge on any atom is 0.305 e. The molecule has 8 nitrogen and oxygen atoms in total. The molecule has 0 aliphatic carbocycles. The van der Waals surface area contributed by atoms with Crippen LogP contribution in [0.1, 0.15) is 24.0 Å². The lowest BCUT2D eigenvalue weighted by molar-refractivity contribution is -0.139. The molecule has 0 spiro atoms. The first kappa shape index (κ1) is 22.7. The molecule has 0 radical (unpaired) electrons. The highest BCUT2D eigenvalue weighted by Crippen LogP contribution is 2.32. The molecule has 12 heteroatoms. The van der Waals surface area contributed by atoms with Gasteiger partial charge in [-0.25, -0.2) is 0 Å². The average Bonchev–Trinajstić information content (AvgIpc) is 3.06. The van der Waals surface area contributed by atoms with Crippen LogP contribution >= 0.6 is 48.0 Å². The van der Waals surface area contributed by atoms with Gasteiger partial charge in [0.15, 0.2) is 0 Å². The first-order valence-electron chi connectivity index (χ1n) is 8.71. The Bertz CT molecular complexity index is 881. The molecule has 2 atom stereocenters. The zero-order valence-electron chi connectivity index (χ0n) is 15.3. The summed E-state index contributed by atoms with van der Waals surface area (Å²) in [6, 6.07) is 7.21. The van der Waals surface area contributed by atoms with E-state index < -0.39 is 22.4 Å². The minimum atomic E-state index is -1.06. The van der Waals surface area contributed by atoms with Gasteiger partial charge in [0.05, 0.1) is 25.9 Å². The third-order valence-corrected chi connectivity index (χ3v) is 7.57. The molecule has 1 aromatic rings. The summed E-state index contributed by atoms with van der Waals surface area (Å²) in [5.74, 6) is -2.78. The van der Waals surface area contributed by atoms with E-state index >= 15 is 0 Å². The number of thioether (sulfide) groups is 2. The zero-order chi connectivity index (χ0) is 22.0. The van der Waals surface area contributed by atoms with Crippen LogP contribution in [0.15, 0.2) is 24.3 Å². The predicted molar refractivity (Wildman–Crippen MR) is 120 cm³/mol. The number of carboxylic acid groups (broad SMARTS) is 2. The van der Waals surface area contributed by atoms with Gasteiger partial charge in [-0.2, -0.15) is 0 Å². The van der Waals surface area contributed by atoms with Crippen molar-refractivity contribution in [2.75, 3.05) is 0 Å². The van der Waals surface area contributed by atoms with Crippen molar-refractivity contribution >= 4 is 80.4 Å². The number of nitrogens with zero attached hydrogens (tertiary/aromatic N) is 2. The highest BCUT2D eigenvalue weighted by molar-refractivity contribution is 8.24. The molecule has 1 aromatic carbocycles. The molecule has 158 valence electrons. The van der Waals surface area contributed by atoms with Gasteiger partial charge in [-0.15, -0.1) is 0 Å². The lowest BCUT2D eigenvalue weighted by atomic mass is 10.1. The van der Waals surface area contributed by atoms with Crippen LogP contribution in [0, 0.1) is 0 Å². The fourth-order valence-electron chi connectivity index (χ4n) is 3.05. The Labute approximate surface area is 191 Å². The number of carboxylic acids is 2. The van der Waals surface area contributed by atoms with Crippen molar-refractivity contribution in [2.45, 2.75) is 36.4 Å². The van der Waals surface area contributed by atoms with Gasteiger partial charge in [0, 0.05) is 0 Å². The van der Waals surface area contributed by atoms with Crippen LogP contribution < -0.4 is 0 Å². The van der Waals surface area contributed by atoms with Crippen molar-refractivity contribution in [3.8, 4) is 0 Å². The van der Waals surface area contributed by atoms with Gasteiger partial charge in [0.25, 0.3) is 0 Å². The number of benzene rings is 1. The second-order valence-corrected chi connectivity index (χ2v) is 10.3. The van der Waals surface area contributed by atoms with E-state index in [0.717, 1.165) is 34.7 Å². The molecule has 0 bridgehead atoms. The number of hydrogen-bond donors (Lipinski definition) is 2. The number of amides is 2. The smallest absolute Gasteiger partial charge is 0.305 e. The van der Waals surface area contributed by atoms with Crippen LogP contribution in [0.3, 0.4) is 0 Å². The number of thiocarbonyl (C=S) groups is 2. The van der Waals surface area contributed by atoms with Gasteiger partial charge in [0.1, 0.15) is 19.1 Å². The Morgan fingerprint density at radius 2 is 1.27 bits per heavy atom. The maximum atomic E-state index is 12.5. The second kappa shape index (κ2) is 9.41. The Kier molecular flexibility index (Phi) is 7.11. The van der Waals surface area contributed by atoms with Crippen LogP contribution in [0.2, 0.25) is 0 Å². The van der Waals surface area contributed by atoms with E-state index in [2.05, 4.69) is 0 Å². The monoisotopic (exact) mass is 484 g/mol. The van der Waals surface area contributed by atoms with Crippen LogP contribution in [-0.4, -0.2) is 62.9 Å². The molecule has 2 N–H and O–H groups in total. The number of aliphatic carboxylic acids is 2. The normalized spacial score (nSPS) is 21.6. The SMILES string of the molecule is O=C(O)CC1SC(=S)N(Cc2cccc(CN3C(=O)C(CC(=O)O)SC3=S)c2)C1=O. The lowest BCUT2D eigenvalue weighted by Gasteiger charge is -2.18. The number of carbonyl (C=O) groups excluding carboxylic acids is 2. The first-order valence-corrected chi connectivity index (χ1v) is 11.3. The molecule has 0 aromatic heterocycles. The fraction of sp³-hybridized carbons (Fsp3) is 0.333. The van der Waals surface area contributed by atoms with Gasteiger partial charge < -0.3 is 10.2 Å². The minimum absolute atomic E-state index is 0.198. The summed E-state index contributed by atoms with van der Waals surface area (Å²) in [4.78, 5) is 49.5. The Balaban J connectivity index is 1.68. The van der Waals surface area contributed by atoms with Crippen molar-refractivity contribution in [2.24, 2.45) is 0 Å². The molecule has 2 unspecified atom stereocenters. The largest absolute Gasteiger partial charge is 0.481 e. The Morgan fingerprint density at radius 3 is 1.63 bits per heavy atom. The minimum Gasteiger partial charge on any atom is -0.481 e. The molecule has 30 heavy (non-hydrogen) atoms. The van der Waals surface area contributed by atoms with Crippen molar-refractivity contribution in [3.05, 3.63) is 35.4 Å². The summed E-state index contributed by atoms with van der Waals surface area (Å²) in [5, 5.41) is 16.4. The average molecular weight is 485 g/mol. The van der Waals surface area contributed by atoms with E-state index in [1.807, 2.05) is 6.07 Å². The molecule has 2 saturated heterocycles. The van der Waals surface area contributed by atoms with Gasteiger partial charge in [-0.05, 0) is 11.1 Å². The summed E-state index contributed by atoms with van der Waals surface area (Å²) in [7, 11) is 0. The fourth-order valence-corrected chi connectivity index (χ4v) is 6.01. The van der Waals surface area contributed by atoms with Crippen molar-refractivity contribution in [1.82, 2.24) is 9.80 Å². The molecule has 2 aliphatic heterocycles. The standard InChI is InChI=1S/C18H16N2O6S4/c21-13(22)5-11-15(25)19(17(27)29-11)7-9-2-1-3-10(4-9)8-20-16(26)12(6-14(23)24)30-18(20)28/h1-4,11-12H,5-8H2,(H,21,22)(H,23,24). The van der Waals surface area contributed by atoms with Crippen LogP contribution in [0.25, 0.3) is 0 Å². The Morgan fingerprint density at radius 1 is 0.867 bits per heavy atom. The number of carbonyl (C=O) groups is 4. The second-order valence-electron chi connectivity index (χ2n) is 6.61. The topological polar surface area (TPSA) is 115 Å². The van der Waals surface area contributed by atoms with Crippen LogP contribution in [0.5, 0.6) is 0 Å². The molecule has 2 amide bonds. The van der Waals surface area contributed by atoms with E-state index in [-0.39, 0.29) is 37.7 Å². The Hall–Kier alpha value is -2.02. The third-order valence-electron chi connectivity index (χ3n) is 4.40. The van der Waals surface area contributed by atoms with Crippen LogP contribution in [-0.2, 0) is 32.3 Å². The van der Waals surface area contributed by atoms with E-state index in [9.17, 15) is 19.2 Å². The summed E-state index contributed by atoms with van der Waals surface area (Å²) in [6.45, 7) is 0.396. The van der Waals surface area contributed by atoms with E-state index in [4.69, 9.17) is 34.6 Å². The van der Waals surface area contributed by atoms with Gasteiger partial charge in [0.2, 0.25) is 11.8 Å². The number of rotatable bonds is 8. The van der Waals surface area contributed by atoms with Gasteiger partial charge >= 0.3 is 11.9 Å². The predicted octanol–water partition coefficient (Wildman–Crippen LogP) is 2.09. The number of hydrogen-bond acceptors (Lipinski definition) is 8. The molecule has 0 saturated carbocycles. The van der Waals surface area contributed by atoms with Crippen molar-refractivity contribution < 1.29 is 29.4 Å². The maximum absolute atomic E-state index is 12.5. The van der Waals surface area contributed by atoms with Crippen molar-refractivity contribution in [3.63, 3.8) is 0 Å². The summed E-state index contributed by atoms with van der Waals surface area (Å²) >= 11 is 12.6. The zero-order valence-corrected chi connectivity index (χ0v) is 18.6. The summed E-state index contributed by atoms with van der Waals surface area (Å²) in [6.07, 6.45) is -0.576. The lowest BCUT2D eigenvalue weighted by Crippen LogP contribution is -2.32. The third kappa shape index (κ3) is 5.17. The van der Waals surface area contributed by atoms with Crippen molar-refractivity contribution in [1.29, 1.82) is 0 Å². The molecular weight excluding hydrogens is 468 g/mol. The summed E-state index contributed by atoms with van der Waals surface area (Å²) < 4.78 is 0.668. The molecule has 3 rings (SSSR count).